The molecule has 0 fully saturated rings. The van der Waals surface area contributed by atoms with Crippen LogP contribution in [0.4, 0.5) is 14.5 Å². The van der Waals surface area contributed by atoms with Gasteiger partial charge >= 0.3 is 0 Å². The fraction of sp³-hybridized carbons (Fsp3) is 0.231. The third-order valence-electron chi connectivity index (χ3n) is 2.77. The van der Waals surface area contributed by atoms with Gasteiger partial charge in [0.05, 0.1) is 17.3 Å². The summed E-state index contributed by atoms with van der Waals surface area (Å²) in [6.07, 6.45) is 2.21. The van der Waals surface area contributed by atoms with Gasteiger partial charge in [0.2, 0.25) is 0 Å². The highest BCUT2D eigenvalue weighted by Crippen LogP contribution is 2.21. The van der Waals surface area contributed by atoms with Gasteiger partial charge in [-0.25, -0.2) is 13.8 Å². The molecule has 0 aliphatic heterocycles. The monoisotopic (exact) mass is 297 g/mol. The lowest BCUT2D eigenvalue weighted by Gasteiger charge is -2.15. The number of aromatic nitrogens is 1. The highest BCUT2D eigenvalue weighted by atomic mass is 32.1. The first-order valence-corrected chi connectivity index (χ1v) is 6.85. The van der Waals surface area contributed by atoms with Gasteiger partial charge in [-0.1, -0.05) is 6.92 Å². The van der Waals surface area contributed by atoms with Crippen LogP contribution in [0.1, 0.15) is 34.8 Å². The van der Waals surface area contributed by atoms with E-state index in [9.17, 15) is 13.6 Å². The molecule has 0 aliphatic carbocycles. The van der Waals surface area contributed by atoms with Crippen molar-refractivity contribution in [3.05, 3.63) is 45.9 Å². The van der Waals surface area contributed by atoms with Gasteiger partial charge in [-0.05, 0) is 18.6 Å². The zero-order chi connectivity index (χ0) is 14.7. The van der Waals surface area contributed by atoms with Gasteiger partial charge in [-0.2, -0.15) is 0 Å². The van der Waals surface area contributed by atoms with E-state index in [2.05, 4.69) is 10.3 Å². The average Bonchev–Trinajstić information content (AvgIpc) is 2.93. The number of hydrogen-bond acceptors (Lipinski definition) is 4. The zero-order valence-corrected chi connectivity index (χ0v) is 11.5. The van der Waals surface area contributed by atoms with Crippen LogP contribution in [0.3, 0.4) is 0 Å². The number of hydrogen-bond donors (Lipinski definition) is 2. The molecule has 3 N–H and O–H groups in total. The maximum Gasteiger partial charge on any atom is 0.255 e. The number of nitrogen functional groups attached to an aromatic ring is 1. The number of nitrogens with zero attached hydrogens (tertiary/aromatic N) is 1. The Hall–Kier alpha value is -2.02. The number of carbonyl (C=O) groups excluding carboxylic acids is 1. The minimum atomic E-state index is -0.919. The van der Waals surface area contributed by atoms with Crippen LogP contribution >= 0.6 is 11.3 Å². The maximum atomic E-state index is 13.8. The van der Waals surface area contributed by atoms with Crippen molar-refractivity contribution in [2.75, 3.05) is 5.73 Å². The number of carbonyl (C=O) groups is 1. The van der Waals surface area contributed by atoms with Gasteiger partial charge in [0, 0.05) is 11.6 Å². The molecule has 1 aromatic carbocycles. The lowest BCUT2D eigenvalue weighted by molar-refractivity contribution is 0.0931. The molecule has 1 unspecified atom stereocenters. The summed E-state index contributed by atoms with van der Waals surface area (Å²) in [5.41, 5.74) is 4.52. The van der Waals surface area contributed by atoms with E-state index >= 15 is 0 Å². The largest absolute Gasteiger partial charge is 0.396 e. The molecule has 1 atom stereocenters. The Morgan fingerprint density at radius 3 is 2.85 bits per heavy atom. The quantitative estimate of drug-likeness (QED) is 0.853. The Morgan fingerprint density at radius 1 is 1.50 bits per heavy atom. The molecule has 2 rings (SSSR count). The normalized spacial score (nSPS) is 12.2. The Balaban J connectivity index is 2.24. The van der Waals surface area contributed by atoms with Crippen molar-refractivity contribution in [3.63, 3.8) is 0 Å². The summed E-state index contributed by atoms with van der Waals surface area (Å²) >= 11 is 1.38. The van der Waals surface area contributed by atoms with Crippen molar-refractivity contribution in [2.24, 2.45) is 0 Å². The Labute approximate surface area is 118 Å². The van der Waals surface area contributed by atoms with E-state index in [4.69, 9.17) is 5.73 Å². The highest BCUT2D eigenvalue weighted by molar-refractivity contribution is 7.09. The van der Waals surface area contributed by atoms with Crippen LogP contribution in [0, 0.1) is 11.6 Å². The van der Waals surface area contributed by atoms with Gasteiger partial charge in [0.1, 0.15) is 10.8 Å². The van der Waals surface area contributed by atoms with Gasteiger partial charge in [0.15, 0.2) is 5.82 Å². The fourth-order valence-electron chi connectivity index (χ4n) is 1.76. The number of anilines is 1. The number of amides is 1. The van der Waals surface area contributed by atoms with E-state index in [0.717, 1.165) is 12.1 Å². The standard InChI is InChI=1S/C13H13F2N3OS/c1-2-10(13-17-3-4-20-13)18-12(19)8-5-7(14)6-9(16)11(8)15/h3-6,10H,2,16H2,1H3,(H,18,19). The molecule has 0 spiro atoms. The van der Waals surface area contributed by atoms with Crippen molar-refractivity contribution >= 4 is 22.9 Å². The highest BCUT2D eigenvalue weighted by Gasteiger charge is 2.20. The molecule has 0 bridgehead atoms. The van der Waals surface area contributed by atoms with Crippen molar-refractivity contribution in [1.82, 2.24) is 10.3 Å². The second-order valence-electron chi connectivity index (χ2n) is 4.16. The number of nitrogens with one attached hydrogen (secondary N) is 1. The van der Waals surface area contributed by atoms with Crippen molar-refractivity contribution in [2.45, 2.75) is 19.4 Å². The van der Waals surface area contributed by atoms with Crippen LogP contribution in [-0.4, -0.2) is 10.9 Å². The molecule has 0 saturated carbocycles. The Morgan fingerprint density at radius 2 is 2.25 bits per heavy atom. The summed E-state index contributed by atoms with van der Waals surface area (Å²) in [6.45, 7) is 1.86. The van der Waals surface area contributed by atoms with Crippen molar-refractivity contribution in [1.29, 1.82) is 0 Å². The molecule has 0 saturated heterocycles. The molecule has 1 heterocycles. The summed E-state index contributed by atoms with van der Waals surface area (Å²) in [5.74, 6) is -2.38. The lowest BCUT2D eigenvalue weighted by Crippen LogP contribution is -2.29. The number of rotatable bonds is 4. The molecular formula is C13H13F2N3OS. The van der Waals surface area contributed by atoms with Crippen molar-refractivity contribution in [3.8, 4) is 0 Å². The third-order valence-corrected chi connectivity index (χ3v) is 3.66. The molecule has 0 aliphatic rings. The van der Waals surface area contributed by atoms with E-state index in [1.165, 1.54) is 11.3 Å². The minimum Gasteiger partial charge on any atom is -0.396 e. The molecule has 1 amide bonds. The smallest absolute Gasteiger partial charge is 0.255 e. The summed E-state index contributed by atoms with van der Waals surface area (Å²) < 4.78 is 27.0. The first-order chi connectivity index (χ1) is 9.52. The fourth-order valence-corrected chi connectivity index (χ4v) is 2.53. The zero-order valence-electron chi connectivity index (χ0n) is 10.7. The first-order valence-electron chi connectivity index (χ1n) is 5.97. The minimum absolute atomic E-state index is 0.341. The van der Waals surface area contributed by atoms with Crippen LogP contribution in [-0.2, 0) is 0 Å². The van der Waals surface area contributed by atoms with Gasteiger partial charge < -0.3 is 11.1 Å². The predicted octanol–water partition coefficient (Wildman–Crippen LogP) is 2.88. The summed E-state index contributed by atoms with van der Waals surface area (Å²) in [6, 6.07) is 1.33. The molecule has 0 radical (unpaired) electrons. The molecular weight excluding hydrogens is 284 g/mol. The second kappa shape index (κ2) is 5.96. The molecule has 7 heteroatoms. The number of halogens is 2. The first kappa shape index (κ1) is 14.4. The maximum absolute atomic E-state index is 13.8. The van der Waals surface area contributed by atoms with Crippen LogP contribution in [0.2, 0.25) is 0 Å². The van der Waals surface area contributed by atoms with Gasteiger partial charge in [-0.15, -0.1) is 11.3 Å². The lowest BCUT2D eigenvalue weighted by atomic mass is 10.1. The van der Waals surface area contributed by atoms with Crippen LogP contribution in [0.5, 0.6) is 0 Å². The molecule has 1 aromatic heterocycles. The average molecular weight is 297 g/mol. The second-order valence-corrected chi connectivity index (χ2v) is 5.09. The van der Waals surface area contributed by atoms with E-state index in [0.29, 0.717) is 11.4 Å². The Kier molecular flexibility index (Phi) is 4.29. The van der Waals surface area contributed by atoms with E-state index in [-0.39, 0.29) is 6.04 Å². The van der Waals surface area contributed by atoms with Gasteiger partial charge in [0.25, 0.3) is 5.91 Å². The number of benzene rings is 1. The topological polar surface area (TPSA) is 68.0 Å². The summed E-state index contributed by atoms with van der Waals surface area (Å²) in [4.78, 5) is 16.1. The molecule has 2 aromatic rings. The summed E-state index contributed by atoms with van der Waals surface area (Å²) in [7, 11) is 0. The molecule has 20 heavy (non-hydrogen) atoms. The number of nitrogens with two attached hydrogens (primary N) is 1. The molecule has 4 nitrogen and oxygen atoms in total. The van der Waals surface area contributed by atoms with E-state index in [1.54, 1.807) is 11.6 Å². The van der Waals surface area contributed by atoms with Gasteiger partial charge in [-0.3, -0.25) is 4.79 Å². The van der Waals surface area contributed by atoms with E-state index < -0.39 is 28.8 Å². The number of thiazole rings is 1. The van der Waals surface area contributed by atoms with Crippen LogP contribution in [0.25, 0.3) is 0 Å². The summed E-state index contributed by atoms with van der Waals surface area (Å²) in [5, 5.41) is 5.12. The SMILES string of the molecule is CCC(NC(=O)c1cc(F)cc(N)c1F)c1nccs1. The Bertz CT molecular complexity index is 616. The van der Waals surface area contributed by atoms with E-state index in [1.807, 2.05) is 6.92 Å². The van der Waals surface area contributed by atoms with Crippen LogP contribution in [0.15, 0.2) is 23.7 Å². The van der Waals surface area contributed by atoms with Crippen molar-refractivity contribution < 1.29 is 13.6 Å². The van der Waals surface area contributed by atoms with Crippen LogP contribution < -0.4 is 11.1 Å². The molecule has 106 valence electrons. The predicted molar refractivity (Wildman–Crippen MR) is 73.4 cm³/mol. The third kappa shape index (κ3) is 2.93.